The van der Waals surface area contributed by atoms with Gasteiger partial charge in [-0.2, -0.15) is 0 Å². The lowest BCUT2D eigenvalue weighted by atomic mass is 9.87. The Morgan fingerprint density at radius 1 is 0.404 bits per heavy atom. The minimum Gasteiger partial charge on any atom is -0.394 e. The number of hydrogen-bond acceptors (Lipinski definition) is 16. The van der Waals surface area contributed by atoms with Crippen molar-refractivity contribution >= 4 is 0 Å². The molecule has 16 nitrogen and oxygen atoms in total. The maximum absolute atomic E-state index is 10.2. The Hall–Kier alpha value is -0.640. The predicted molar refractivity (Wildman–Crippen MR) is 164 cm³/mol. The molecule has 4 saturated heterocycles. The van der Waals surface area contributed by atoms with Crippen molar-refractivity contribution < 1.29 is 79.5 Å². The number of ether oxygens (including phenoxy) is 6. The number of aliphatic hydroxyl groups is 10. The zero-order valence-corrected chi connectivity index (χ0v) is 27.3. The molecular weight excluding hydrogens is 628 g/mol. The fourth-order valence-electron chi connectivity index (χ4n) is 6.60. The van der Waals surface area contributed by atoms with E-state index in [0.29, 0.717) is 0 Å². The summed E-state index contributed by atoms with van der Waals surface area (Å²) in [7, 11) is 0. The van der Waals surface area contributed by atoms with Gasteiger partial charge in [-0.15, -0.1) is 0 Å². The quantitative estimate of drug-likeness (QED) is 0.123. The Morgan fingerprint density at radius 3 is 0.979 bits per heavy atom. The van der Waals surface area contributed by atoms with Gasteiger partial charge >= 0.3 is 0 Å². The Balaban J connectivity index is 0.000000320. The summed E-state index contributed by atoms with van der Waals surface area (Å²) < 4.78 is 33.6. The van der Waals surface area contributed by atoms with Crippen molar-refractivity contribution in [2.45, 2.75) is 147 Å². The highest BCUT2D eigenvalue weighted by molar-refractivity contribution is 4.94. The van der Waals surface area contributed by atoms with E-state index in [1.165, 1.54) is 0 Å². The van der Waals surface area contributed by atoms with Crippen LogP contribution in [0, 0.1) is 23.7 Å². The van der Waals surface area contributed by atoms with Crippen molar-refractivity contribution in [1.29, 1.82) is 0 Å². The van der Waals surface area contributed by atoms with Gasteiger partial charge in [-0.1, -0.05) is 35.1 Å². The third kappa shape index (κ3) is 9.38. The van der Waals surface area contributed by atoms with Crippen molar-refractivity contribution in [2.75, 3.05) is 26.4 Å². The second kappa shape index (κ2) is 18.6. The van der Waals surface area contributed by atoms with Crippen LogP contribution in [0.4, 0.5) is 0 Å². The Kier molecular flexibility index (Phi) is 16.8. The zero-order chi connectivity index (χ0) is 34.6. The minimum atomic E-state index is -1.30. The summed E-state index contributed by atoms with van der Waals surface area (Å²) in [4.78, 5) is 0. The lowest BCUT2D eigenvalue weighted by Gasteiger charge is -2.46. The van der Waals surface area contributed by atoms with Crippen LogP contribution in [0.1, 0.15) is 49.0 Å². The molecule has 0 radical (unpaired) electrons. The molecule has 0 spiro atoms. The smallest absolute Gasteiger partial charge is 0.186 e. The number of rotatable bonds is 8. The van der Waals surface area contributed by atoms with Crippen molar-refractivity contribution in [3.05, 3.63) is 0 Å². The first-order valence-electron chi connectivity index (χ1n) is 16.1. The summed E-state index contributed by atoms with van der Waals surface area (Å²) in [6, 6.07) is 0. The van der Waals surface area contributed by atoms with Crippen molar-refractivity contribution in [2.24, 2.45) is 23.7 Å². The van der Waals surface area contributed by atoms with E-state index >= 15 is 0 Å². The highest BCUT2D eigenvalue weighted by Crippen LogP contribution is 2.34. The maximum Gasteiger partial charge on any atom is 0.186 e. The predicted octanol–water partition coefficient (Wildman–Crippen LogP) is -2.92. The van der Waals surface area contributed by atoms with Gasteiger partial charge in [0.25, 0.3) is 0 Å². The summed E-state index contributed by atoms with van der Waals surface area (Å²) in [5, 5.41) is 98.4. The first kappa shape index (κ1) is 42.5. The fraction of sp³-hybridized carbons (Fsp3) is 1.00. The van der Waals surface area contributed by atoms with Crippen molar-refractivity contribution in [3.8, 4) is 0 Å². The van der Waals surface area contributed by atoms with Gasteiger partial charge < -0.3 is 79.5 Å². The van der Waals surface area contributed by atoms with Gasteiger partial charge in [0, 0.05) is 23.7 Å². The van der Waals surface area contributed by atoms with E-state index in [-0.39, 0.29) is 45.7 Å². The molecule has 47 heavy (non-hydrogen) atoms. The van der Waals surface area contributed by atoms with Crippen LogP contribution in [0.15, 0.2) is 0 Å². The van der Waals surface area contributed by atoms with Crippen molar-refractivity contribution in [3.63, 3.8) is 0 Å². The van der Waals surface area contributed by atoms with Gasteiger partial charge in [-0.05, 0) is 13.8 Å². The lowest BCUT2D eigenvalue weighted by molar-refractivity contribution is -0.328. The summed E-state index contributed by atoms with van der Waals surface area (Å²) in [5.74, 6) is -1.63. The topological polar surface area (TPSA) is 258 Å². The van der Waals surface area contributed by atoms with Gasteiger partial charge in [0.2, 0.25) is 0 Å². The van der Waals surface area contributed by atoms with Crippen molar-refractivity contribution in [1.82, 2.24) is 0 Å². The lowest BCUT2D eigenvalue weighted by Crippen LogP contribution is -2.60. The van der Waals surface area contributed by atoms with Crippen LogP contribution >= 0.6 is 0 Å². The van der Waals surface area contributed by atoms with Crippen LogP contribution in [0.2, 0.25) is 0 Å². The molecule has 280 valence electrons. The van der Waals surface area contributed by atoms with Gasteiger partial charge in [0.05, 0.1) is 87.5 Å². The summed E-state index contributed by atoms with van der Waals surface area (Å²) in [5.41, 5.74) is 0. The molecule has 0 bridgehead atoms. The maximum atomic E-state index is 10.2. The van der Waals surface area contributed by atoms with Crippen LogP contribution in [0.25, 0.3) is 0 Å². The second-order valence-corrected chi connectivity index (χ2v) is 13.2. The molecule has 0 saturated carbocycles. The van der Waals surface area contributed by atoms with Crippen LogP contribution in [0.3, 0.4) is 0 Å². The third-order valence-electron chi connectivity index (χ3n) is 10.0. The molecule has 4 rings (SSSR count). The minimum absolute atomic E-state index is 0. The standard InChI is InChI=1S/2C15H28O8.CH4/c2*1-6-9(4-16)22-15(13(20)12(6)19)23-14-7(2)11(18)8(3)21-10(14)5-17;/h2*6-20H,4-5H2,1-3H3;1H4/t6-,7+,8-,9+,10+,11+,12-,13+,14-,15-;6-,7-,8+,9-,10-,11-,12+,13-,14+,15+;/m01./s1. The van der Waals surface area contributed by atoms with Crippen LogP contribution in [-0.4, -0.2) is 176 Å². The highest BCUT2D eigenvalue weighted by Gasteiger charge is 2.49. The molecule has 0 unspecified atom stereocenters. The summed E-state index contributed by atoms with van der Waals surface area (Å²) >= 11 is 0. The molecule has 0 amide bonds. The number of aliphatic hydroxyl groups excluding tert-OH is 10. The Bertz CT molecular complexity index is 824. The van der Waals surface area contributed by atoms with E-state index in [2.05, 4.69) is 0 Å². The molecule has 10 N–H and O–H groups in total. The van der Waals surface area contributed by atoms with E-state index in [1.54, 1.807) is 41.5 Å². The fourth-order valence-corrected chi connectivity index (χ4v) is 6.60. The highest BCUT2D eigenvalue weighted by atomic mass is 16.7. The van der Waals surface area contributed by atoms with Crippen LogP contribution < -0.4 is 0 Å². The van der Waals surface area contributed by atoms with E-state index in [4.69, 9.17) is 28.4 Å². The van der Waals surface area contributed by atoms with E-state index in [1.807, 2.05) is 0 Å². The largest absolute Gasteiger partial charge is 0.394 e. The zero-order valence-electron chi connectivity index (χ0n) is 27.3. The third-order valence-corrected chi connectivity index (χ3v) is 10.0. The molecule has 0 aliphatic carbocycles. The molecule has 0 aromatic rings. The first-order valence-corrected chi connectivity index (χ1v) is 16.1. The summed E-state index contributed by atoms with van der Waals surface area (Å²) in [6.07, 6.45) is -13.8. The molecular formula is C31H60O16. The average molecular weight is 689 g/mol. The number of hydrogen-bond donors (Lipinski definition) is 10. The van der Waals surface area contributed by atoms with E-state index < -0.39 is 110 Å². The van der Waals surface area contributed by atoms with Gasteiger partial charge in [0.15, 0.2) is 12.6 Å². The van der Waals surface area contributed by atoms with Gasteiger partial charge in [0.1, 0.15) is 24.4 Å². The van der Waals surface area contributed by atoms with Gasteiger partial charge in [-0.3, -0.25) is 0 Å². The Labute approximate surface area is 276 Å². The van der Waals surface area contributed by atoms with E-state index in [9.17, 15) is 51.1 Å². The van der Waals surface area contributed by atoms with E-state index in [0.717, 1.165) is 0 Å². The molecule has 4 fully saturated rings. The normalized spacial score (nSPS) is 50.6. The molecule has 16 heteroatoms. The average Bonchev–Trinajstić information content (AvgIpc) is 3.05. The second-order valence-electron chi connectivity index (χ2n) is 13.2. The van der Waals surface area contributed by atoms with Crippen LogP contribution in [-0.2, 0) is 28.4 Å². The van der Waals surface area contributed by atoms with Crippen LogP contribution in [0.5, 0.6) is 0 Å². The Morgan fingerprint density at radius 2 is 0.702 bits per heavy atom. The molecule has 20 atom stereocenters. The SMILES string of the molecule is C.C[C@@H]1[C@@H](O)[C@H](C)O[C@H](CO)[C@H]1O[C@@H]1O[C@H](CO)[C@@H](C)[C@H](O)[C@H]1O.C[C@@H]1[C@@H](O)[C@H](C)O[C@H](CO)[C@H]1O[C@@H]1O[C@H](CO)[C@H](C)[C@H](O)[C@H]1O. The molecule has 0 aromatic carbocycles. The molecule has 4 heterocycles. The monoisotopic (exact) mass is 688 g/mol. The first-order chi connectivity index (χ1) is 21.6. The molecule has 0 aromatic heterocycles. The summed E-state index contributed by atoms with van der Waals surface area (Å²) in [6.45, 7) is 9.02. The van der Waals surface area contributed by atoms with Gasteiger partial charge in [-0.25, -0.2) is 0 Å². The molecule has 4 aliphatic heterocycles. The molecule has 4 aliphatic rings.